The smallest absolute Gasteiger partial charge is 0.0538 e. The highest BCUT2D eigenvalue weighted by atomic mass is 15.3. The van der Waals surface area contributed by atoms with Crippen molar-refractivity contribution < 1.29 is 0 Å². The van der Waals surface area contributed by atoms with Gasteiger partial charge < -0.3 is 5.73 Å². The highest BCUT2D eigenvalue weighted by Gasteiger charge is 2.37. The van der Waals surface area contributed by atoms with Crippen molar-refractivity contribution in [1.82, 2.24) is 19.6 Å². The van der Waals surface area contributed by atoms with E-state index in [-0.39, 0.29) is 0 Å². The van der Waals surface area contributed by atoms with Crippen molar-refractivity contribution in [3.63, 3.8) is 0 Å². The summed E-state index contributed by atoms with van der Waals surface area (Å²) in [6, 6.07) is 1.62. The van der Waals surface area contributed by atoms with Gasteiger partial charge in [0.15, 0.2) is 0 Å². The summed E-state index contributed by atoms with van der Waals surface area (Å²) >= 11 is 0. The normalized spacial score (nSPS) is 30.5. The third kappa shape index (κ3) is 2.42. The predicted molar refractivity (Wildman–Crippen MR) is 75.8 cm³/mol. The minimum atomic E-state index is 0.312. The van der Waals surface area contributed by atoms with Crippen LogP contribution in [0.2, 0.25) is 0 Å². The van der Waals surface area contributed by atoms with E-state index in [1.54, 1.807) is 0 Å². The van der Waals surface area contributed by atoms with Crippen LogP contribution in [0.3, 0.4) is 0 Å². The van der Waals surface area contributed by atoms with Crippen LogP contribution in [0, 0.1) is 0 Å². The summed E-state index contributed by atoms with van der Waals surface area (Å²) in [5.74, 6) is 0. The van der Waals surface area contributed by atoms with Gasteiger partial charge in [0.1, 0.15) is 0 Å². The van der Waals surface area contributed by atoms with Gasteiger partial charge in [0.25, 0.3) is 0 Å². The molecule has 0 aromatic carbocycles. The van der Waals surface area contributed by atoms with E-state index >= 15 is 0 Å². The molecule has 2 fully saturated rings. The molecule has 0 aliphatic carbocycles. The molecule has 19 heavy (non-hydrogen) atoms. The van der Waals surface area contributed by atoms with Crippen molar-refractivity contribution >= 4 is 0 Å². The lowest BCUT2D eigenvalue weighted by Gasteiger charge is -2.45. The van der Waals surface area contributed by atoms with Gasteiger partial charge in [-0.25, -0.2) is 0 Å². The Morgan fingerprint density at radius 1 is 1.47 bits per heavy atom. The summed E-state index contributed by atoms with van der Waals surface area (Å²) in [5.41, 5.74) is 7.31. The van der Waals surface area contributed by atoms with Crippen LogP contribution in [-0.2, 0) is 7.05 Å². The van der Waals surface area contributed by atoms with Crippen LogP contribution < -0.4 is 5.73 Å². The van der Waals surface area contributed by atoms with E-state index in [0.29, 0.717) is 18.6 Å². The molecule has 2 aliphatic rings. The number of hydrogen-bond acceptors (Lipinski definition) is 4. The van der Waals surface area contributed by atoms with Crippen molar-refractivity contribution in [2.24, 2.45) is 12.8 Å². The Morgan fingerprint density at radius 2 is 2.32 bits per heavy atom. The molecule has 106 valence electrons. The van der Waals surface area contributed by atoms with Crippen molar-refractivity contribution in [3.05, 3.63) is 18.0 Å². The largest absolute Gasteiger partial charge is 0.329 e. The van der Waals surface area contributed by atoms with E-state index in [4.69, 9.17) is 5.73 Å². The van der Waals surface area contributed by atoms with E-state index < -0.39 is 0 Å². The molecule has 3 heterocycles. The molecule has 2 saturated heterocycles. The Bertz CT molecular complexity index is 429. The number of nitrogens with zero attached hydrogens (tertiary/aromatic N) is 4. The van der Waals surface area contributed by atoms with Gasteiger partial charge in [0, 0.05) is 50.5 Å². The number of hydrogen-bond donors (Lipinski definition) is 1. The first kappa shape index (κ1) is 13.1. The van der Waals surface area contributed by atoms with E-state index in [1.165, 1.54) is 31.5 Å². The fourth-order valence-corrected chi connectivity index (χ4v) is 3.72. The topological polar surface area (TPSA) is 50.3 Å². The van der Waals surface area contributed by atoms with Gasteiger partial charge in [-0.2, -0.15) is 5.10 Å². The molecule has 5 heteroatoms. The molecule has 3 unspecified atom stereocenters. The summed E-state index contributed by atoms with van der Waals surface area (Å²) in [7, 11) is 1.97. The highest BCUT2D eigenvalue weighted by molar-refractivity contribution is 5.12. The van der Waals surface area contributed by atoms with Gasteiger partial charge in [-0.1, -0.05) is 0 Å². The number of aromatic nitrogens is 2. The van der Waals surface area contributed by atoms with E-state index in [9.17, 15) is 0 Å². The van der Waals surface area contributed by atoms with Crippen LogP contribution in [-0.4, -0.2) is 57.8 Å². The zero-order valence-corrected chi connectivity index (χ0v) is 12.0. The average molecular weight is 263 g/mol. The maximum atomic E-state index is 6.05. The predicted octanol–water partition coefficient (Wildman–Crippen LogP) is 0.588. The zero-order chi connectivity index (χ0) is 13.4. The lowest BCUT2D eigenvalue weighted by Crippen LogP contribution is -2.56. The van der Waals surface area contributed by atoms with Crippen LogP contribution >= 0.6 is 0 Å². The molecular formula is C14H25N5. The second-order valence-corrected chi connectivity index (χ2v) is 6.04. The van der Waals surface area contributed by atoms with Crippen LogP contribution in [0.4, 0.5) is 0 Å². The molecular weight excluding hydrogens is 238 g/mol. The molecule has 2 N–H and O–H groups in total. The zero-order valence-electron chi connectivity index (χ0n) is 12.0. The SMILES string of the molecule is CC1CN2CCCC2CN1C(CN)c1cnn(C)c1. The van der Waals surface area contributed by atoms with Gasteiger partial charge in [-0.05, 0) is 26.3 Å². The average Bonchev–Trinajstić information content (AvgIpc) is 2.99. The number of piperazine rings is 1. The first-order chi connectivity index (χ1) is 9.19. The monoisotopic (exact) mass is 263 g/mol. The molecule has 5 nitrogen and oxygen atoms in total. The molecule has 1 aromatic heterocycles. The molecule has 3 atom stereocenters. The second kappa shape index (κ2) is 5.23. The highest BCUT2D eigenvalue weighted by Crippen LogP contribution is 2.30. The number of nitrogens with two attached hydrogens (primary N) is 1. The maximum Gasteiger partial charge on any atom is 0.0538 e. The molecule has 0 bridgehead atoms. The number of rotatable bonds is 3. The fourth-order valence-electron chi connectivity index (χ4n) is 3.72. The number of aryl methyl sites for hydroxylation is 1. The molecule has 0 radical (unpaired) electrons. The summed E-state index contributed by atoms with van der Waals surface area (Å²) in [6.07, 6.45) is 6.76. The minimum Gasteiger partial charge on any atom is -0.329 e. The fraction of sp³-hybridized carbons (Fsp3) is 0.786. The van der Waals surface area contributed by atoms with E-state index in [1.807, 2.05) is 17.9 Å². The lowest BCUT2D eigenvalue weighted by molar-refractivity contribution is 0.0296. The van der Waals surface area contributed by atoms with Gasteiger partial charge in [0.05, 0.1) is 12.2 Å². The van der Waals surface area contributed by atoms with E-state index in [2.05, 4.69) is 28.0 Å². The minimum absolute atomic E-state index is 0.312. The van der Waals surface area contributed by atoms with Crippen molar-refractivity contribution in [3.8, 4) is 0 Å². The molecule has 0 saturated carbocycles. The Kier molecular flexibility index (Phi) is 3.60. The summed E-state index contributed by atoms with van der Waals surface area (Å²) < 4.78 is 1.87. The van der Waals surface area contributed by atoms with Gasteiger partial charge in [-0.3, -0.25) is 14.5 Å². The van der Waals surface area contributed by atoms with Crippen LogP contribution in [0.1, 0.15) is 31.4 Å². The molecule has 1 aromatic rings. The molecule has 2 aliphatic heterocycles. The second-order valence-electron chi connectivity index (χ2n) is 6.04. The quantitative estimate of drug-likeness (QED) is 0.867. The van der Waals surface area contributed by atoms with Crippen LogP contribution in [0.5, 0.6) is 0 Å². The van der Waals surface area contributed by atoms with Crippen molar-refractivity contribution in [2.75, 3.05) is 26.2 Å². The van der Waals surface area contributed by atoms with E-state index in [0.717, 1.165) is 12.6 Å². The third-order valence-electron chi connectivity index (χ3n) is 4.72. The van der Waals surface area contributed by atoms with Crippen molar-refractivity contribution in [2.45, 2.75) is 37.9 Å². The molecule has 0 spiro atoms. The number of fused-ring (bicyclic) bond motifs is 1. The lowest BCUT2D eigenvalue weighted by atomic mass is 10.0. The van der Waals surface area contributed by atoms with Gasteiger partial charge in [0.2, 0.25) is 0 Å². The first-order valence-electron chi connectivity index (χ1n) is 7.37. The molecule has 0 amide bonds. The Hall–Kier alpha value is -0.910. The maximum absolute atomic E-state index is 6.05. The molecule has 3 rings (SSSR count). The van der Waals surface area contributed by atoms with Gasteiger partial charge >= 0.3 is 0 Å². The Labute approximate surface area is 115 Å². The summed E-state index contributed by atoms with van der Waals surface area (Å²) in [4.78, 5) is 5.24. The summed E-state index contributed by atoms with van der Waals surface area (Å²) in [6.45, 7) is 6.61. The van der Waals surface area contributed by atoms with Crippen molar-refractivity contribution in [1.29, 1.82) is 0 Å². The Morgan fingerprint density at radius 3 is 3.00 bits per heavy atom. The standard InChI is InChI=1S/C14H25N5/c1-11-8-18-5-3-4-13(18)10-19(11)14(6-15)12-7-16-17(2)9-12/h7,9,11,13-14H,3-6,8,10,15H2,1-2H3. The summed E-state index contributed by atoms with van der Waals surface area (Å²) in [5, 5.41) is 4.30. The van der Waals surface area contributed by atoms with Crippen LogP contribution in [0.15, 0.2) is 12.4 Å². The Balaban J connectivity index is 1.78. The van der Waals surface area contributed by atoms with Gasteiger partial charge in [-0.15, -0.1) is 0 Å². The third-order valence-corrected chi connectivity index (χ3v) is 4.72. The van der Waals surface area contributed by atoms with Crippen LogP contribution in [0.25, 0.3) is 0 Å². The first-order valence-corrected chi connectivity index (χ1v) is 7.37.